The number of hydrogen-bond donors (Lipinski definition) is 2. The van der Waals surface area contributed by atoms with Gasteiger partial charge in [0, 0.05) is 5.54 Å². The second kappa shape index (κ2) is 4.69. The first-order valence-electron chi connectivity index (χ1n) is 6.58. The zero-order chi connectivity index (χ0) is 12.5. The quantitative estimate of drug-likeness (QED) is 0.771. The highest BCUT2D eigenvalue weighted by Crippen LogP contribution is 2.29. The molecule has 2 nitrogen and oxygen atoms in total. The SMILES string of the molecule is CC(C)(N)Cc1cc2c(cc1O)CCCCC2. The molecule has 0 saturated carbocycles. The third-order valence-electron chi connectivity index (χ3n) is 3.44. The Labute approximate surface area is 104 Å². The summed E-state index contributed by atoms with van der Waals surface area (Å²) in [4.78, 5) is 0. The zero-order valence-electron chi connectivity index (χ0n) is 10.9. The Morgan fingerprint density at radius 2 is 1.71 bits per heavy atom. The third-order valence-corrected chi connectivity index (χ3v) is 3.44. The first kappa shape index (κ1) is 12.4. The van der Waals surface area contributed by atoms with Crippen LogP contribution in [0.5, 0.6) is 5.75 Å². The van der Waals surface area contributed by atoms with Gasteiger partial charge in [0.1, 0.15) is 5.75 Å². The van der Waals surface area contributed by atoms with E-state index in [0.29, 0.717) is 5.75 Å². The van der Waals surface area contributed by atoms with Crippen LogP contribution in [0.2, 0.25) is 0 Å². The smallest absolute Gasteiger partial charge is 0.119 e. The van der Waals surface area contributed by atoms with E-state index in [2.05, 4.69) is 6.07 Å². The number of benzene rings is 1. The molecular formula is C15H23NO. The first-order chi connectivity index (χ1) is 7.96. The lowest BCUT2D eigenvalue weighted by Crippen LogP contribution is -2.34. The molecular weight excluding hydrogens is 210 g/mol. The van der Waals surface area contributed by atoms with Crippen molar-refractivity contribution >= 4 is 0 Å². The van der Waals surface area contributed by atoms with Gasteiger partial charge in [0.05, 0.1) is 0 Å². The van der Waals surface area contributed by atoms with Crippen molar-refractivity contribution in [1.82, 2.24) is 0 Å². The van der Waals surface area contributed by atoms with Crippen LogP contribution in [0.1, 0.15) is 49.8 Å². The summed E-state index contributed by atoms with van der Waals surface area (Å²) in [5, 5.41) is 10.1. The molecule has 1 aromatic rings. The monoisotopic (exact) mass is 233 g/mol. The fourth-order valence-electron chi connectivity index (χ4n) is 2.63. The van der Waals surface area contributed by atoms with Gasteiger partial charge in [0.2, 0.25) is 0 Å². The fourth-order valence-corrected chi connectivity index (χ4v) is 2.63. The highest BCUT2D eigenvalue weighted by molar-refractivity contribution is 5.43. The van der Waals surface area contributed by atoms with Crippen molar-refractivity contribution < 1.29 is 5.11 Å². The van der Waals surface area contributed by atoms with Gasteiger partial charge in [-0.25, -0.2) is 0 Å². The second-order valence-corrected chi connectivity index (χ2v) is 5.98. The average molecular weight is 233 g/mol. The van der Waals surface area contributed by atoms with Crippen LogP contribution in [0.3, 0.4) is 0 Å². The Morgan fingerprint density at radius 1 is 1.12 bits per heavy atom. The molecule has 0 aliphatic heterocycles. The van der Waals surface area contributed by atoms with Crippen molar-refractivity contribution in [2.45, 2.75) is 57.9 Å². The summed E-state index contributed by atoms with van der Waals surface area (Å²) in [5.41, 5.74) is 9.51. The molecule has 2 heteroatoms. The van der Waals surface area contributed by atoms with Gasteiger partial charge in [-0.1, -0.05) is 12.5 Å². The topological polar surface area (TPSA) is 46.2 Å². The third kappa shape index (κ3) is 3.22. The Bertz CT molecular complexity index is 404. The Hall–Kier alpha value is -1.02. The molecule has 0 fully saturated rings. The first-order valence-corrected chi connectivity index (χ1v) is 6.58. The molecule has 0 radical (unpaired) electrons. The van der Waals surface area contributed by atoms with Gasteiger partial charge in [-0.3, -0.25) is 0 Å². The summed E-state index contributed by atoms with van der Waals surface area (Å²) in [7, 11) is 0. The molecule has 1 aliphatic carbocycles. The summed E-state index contributed by atoms with van der Waals surface area (Å²) < 4.78 is 0. The van der Waals surface area contributed by atoms with E-state index in [0.717, 1.165) is 24.8 Å². The maximum Gasteiger partial charge on any atom is 0.119 e. The number of hydrogen-bond acceptors (Lipinski definition) is 2. The molecule has 0 saturated heterocycles. The molecule has 3 N–H and O–H groups in total. The van der Waals surface area contributed by atoms with E-state index < -0.39 is 0 Å². The van der Waals surface area contributed by atoms with Gasteiger partial charge >= 0.3 is 0 Å². The van der Waals surface area contributed by atoms with Crippen molar-refractivity contribution in [3.63, 3.8) is 0 Å². The largest absolute Gasteiger partial charge is 0.508 e. The van der Waals surface area contributed by atoms with Gasteiger partial charge in [-0.15, -0.1) is 0 Å². The lowest BCUT2D eigenvalue weighted by atomic mass is 9.91. The van der Waals surface area contributed by atoms with E-state index in [1.165, 1.54) is 30.4 Å². The minimum Gasteiger partial charge on any atom is -0.508 e. The number of aryl methyl sites for hydroxylation is 2. The van der Waals surface area contributed by atoms with Crippen molar-refractivity contribution in [2.24, 2.45) is 5.73 Å². The number of fused-ring (bicyclic) bond motifs is 1. The molecule has 1 aromatic carbocycles. The standard InChI is InChI=1S/C15H23NO/c1-15(2,16)10-13-8-11-6-4-3-5-7-12(11)9-14(13)17/h8-9,17H,3-7,10,16H2,1-2H3. The molecule has 0 aromatic heterocycles. The lowest BCUT2D eigenvalue weighted by Gasteiger charge is -2.20. The highest BCUT2D eigenvalue weighted by Gasteiger charge is 2.17. The van der Waals surface area contributed by atoms with Gasteiger partial charge in [-0.2, -0.15) is 0 Å². The van der Waals surface area contributed by atoms with Crippen LogP contribution in [0.15, 0.2) is 12.1 Å². The molecule has 0 amide bonds. The maximum atomic E-state index is 10.1. The van der Waals surface area contributed by atoms with Crippen LogP contribution in [0, 0.1) is 0 Å². The molecule has 0 spiro atoms. The van der Waals surface area contributed by atoms with Gasteiger partial charge in [0.25, 0.3) is 0 Å². The number of rotatable bonds is 2. The van der Waals surface area contributed by atoms with Crippen molar-refractivity contribution in [1.29, 1.82) is 0 Å². The van der Waals surface area contributed by atoms with E-state index in [4.69, 9.17) is 5.73 Å². The molecule has 0 heterocycles. The summed E-state index contributed by atoms with van der Waals surface area (Å²) >= 11 is 0. The molecule has 0 bridgehead atoms. The summed E-state index contributed by atoms with van der Waals surface area (Å²) in [6.07, 6.45) is 6.79. The Balaban J connectivity index is 2.32. The number of phenolic OH excluding ortho intramolecular Hbond substituents is 1. The van der Waals surface area contributed by atoms with E-state index in [9.17, 15) is 5.11 Å². The number of nitrogens with two attached hydrogens (primary N) is 1. The molecule has 1 aliphatic rings. The minimum absolute atomic E-state index is 0.267. The lowest BCUT2D eigenvalue weighted by molar-refractivity contribution is 0.449. The van der Waals surface area contributed by atoms with Gasteiger partial charge in [0.15, 0.2) is 0 Å². The van der Waals surface area contributed by atoms with Crippen LogP contribution >= 0.6 is 0 Å². The van der Waals surface area contributed by atoms with E-state index in [1.54, 1.807) is 0 Å². The average Bonchev–Trinajstić information content (AvgIpc) is 2.41. The molecule has 0 atom stereocenters. The Morgan fingerprint density at radius 3 is 2.29 bits per heavy atom. The van der Waals surface area contributed by atoms with Crippen molar-refractivity contribution in [3.8, 4) is 5.75 Å². The predicted octanol–water partition coefficient (Wildman–Crippen LogP) is 2.94. The van der Waals surface area contributed by atoms with Crippen LogP contribution in [0.25, 0.3) is 0 Å². The number of aromatic hydroxyl groups is 1. The zero-order valence-corrected chi connectivity index (χ0v) is 10.9. The van der Waals surface area contributed by atoms with Gasteiger partial charge < -0.3 is 10.8 Å². The Kier molecular flexibility index (Phi) is 3.43. The fraction of sp³-hybridized carbons (Fsp3) is 0.600. The molecule has 0 unspecified atom stereocenters. The van der Waals surface area contributed by atoms with E-state index in [-0.39, 0.29) is 5.54 Å². The highest BCUT2D eigenvalue weighted by atomic mass is 16.3. The van der Waals surface area contributed by atoms with E-state index >= 15 is 0 Å². The summed E-state index contributed by atoms with van der Waals surface area (Å²) in [6.45, 7) is 4.00. The predicted molar refractivity (Wildman–Crippen MR) is 71.3 cm³/mol. The van der Waals surface area contributed by atoms with Gasteiger partial charge in [-0.05, 0) is 68.7 Å². The molecule has 94 valence electrons. The van der Waals surface area contributed by atoms with E-state index in [1.807, 2.05) is 19.9 Å². The summed E-state index contributed by atoms with van der Waals surface area (Å²) in [6, 6.07) is 4.13. The number of phenols is 1. The van der Waals surface area contributed by atoms with Crippen LogP contribution in [-0.2, 0) is 19.3 Å². The molecule has 2 rings (SSSR count). The van der Waals surface area contributed by atoms with Crippen molar-refractivity contribution in [3.05, 3.63) is 28.8 Å². The second-order valence-electron chi connectivity index (χ2n) is 5.98. The van der Waals surface area contributed by atoms with Crippen molar-refractivity contribution in [2.75, 3.05) is 0 Å². The van der Waals surface area contributed by atoms with Crippen LogP contribution < -0.4 is 5.73 Å². The van der Waals surface area contributed by atoms with Crippen LogP contribution in [0.4, 0.5) is 0 Å². The molecule has 17 heavy (non-hydrogen) atoms. The maximum absolute atomic E-state index is 10.1. The minimum atomic E-state index is -0.267. The summed E-state index contributed by atoms with van der Waals surface area (Å²) in [5.74, 6) is 0.421. The van der Waals surface area contributed by atoms with Crippen LogP contribution in [-0.4, -0.2) is 10.6 Å². The normalized spacial score (nSPS) is 16.4.